The fourth-order valence-corrected chi connectivity index (χ4v) is 5.68. The van der Waals surface area contributed by atoms with E-state index in [9.17, 15) is 26.3 Å². The lowest BCUT2D eigenvalue weighted by Crippen LogP contribution is -2.47. The van der Waals surface area contributed by atoms with Crippen molar-refractivity contribution in [3.63, 3.8) is 0 Å². The summed E-state index contributed by atoms with van der Waals surface area (Å²) in [4.78, 5) is 0. The highest BCUT2D eigenvalue weighted by molar-refractivity contribution is 5.66. The predicted octanol–water partition coefficient (Wildman–Crippen LogP) is 9.87. The summed E-state index contributed by atoms with van der Waals surface area (Å²) in [6, 6.07) is 5.81. The standard InChI is InChI=1S/C32H37F7O4/c1-2-3-4-5-6-7-20-17-41-31(42-18-20)32(38,39)43-24-11-8-21(9-12-24)22-10-13-25(26(33)14-22)23-15-27(34)30(28(35)16-23)40-19-29(36)37/h10,13-16,19-21,24,31H,2-9,11-12,17-18H2,1H3. The Morgan fingerprint density at radius 3 is 2.14 bits per heavy atom. The minimum Gasteiger partial charge on any atom is -0.453 e. The zero-order chi connectivity index (χ0) is 31.0. The van der Waals surface area contributed by atoms with Gasteiger partial charge in [0.2, 0.25) is 0 Å². The van der Waals surface area contributed by atoms with E-state index in [1.54, 1.807) is 6.07 Å². The van der Waals surface area contributed by atoms with Crippen molar-refractivity contribution < 1.29 is 49.7 Å². The second-order valence-corrected chi connectivity index (χ2v) is 11.3. The van der Waals surface area contributed by atoms with Crippen molar-refractivity contribution in [2.24, 2.45) is 5.92 Å². The van der Waals surface area contributed by atoms with Crippen molar-refractivity contribution in [2.75, 3.05) is 13.2 Å². The summed E-state index contributed by atoms with van der Waals surface area (Å²) in [7, 11) is 0. The summed E-state index contributed by atoms with van der Waals surface area (Å²) in [5, 5.41) is 0. The molecule has 2 aliphatic rings. The van der Waals surface area contributed by atoms with Crippen LogP contribution >= 0.6 is 0 Å². The number of unbranched alkanes of at least 4 members (excludes halogenated alkanes) is 4. The van der Waals surface area contributed by atoms with Gasteiger partial charge in [-0.25, -0.2) is 13.2 Å². The van der Waals surface area contributed by atoms with E-state index in [0.717, 1.165) is 37.8 Å². The smallest absolute Gasteiger partial charge is 0.406 e. The van der Waals surface area contributed by atoms with Gasteiger partial charge in [0.25, 0.3) is 6.29 Å². The van der Waals surface area contributed by atoms with Crippen LogP contribution in [-0.2, 0) is 14.2 Å². The van der Waals surface area contributed by atoms with Crippen LogP contribution < -0.4 is 4.74 Å². The molecule has 4 nitrogen and oxygen atoms in total. The molecular formula is C32H37F7O4. The molecule has 0 bridgehead atoms. The highest BCUT2D eigenvalue weighted by Crippen LogP contribution is 2.39. The number of hydrogen-bond acceptors (Lipinski definition) is 4. The van der Waals surface area contributed by atoms with Crippen LogP contribution in [0.1, 0.15) is 82.6 Å². The van der Waals surface area contributed by atoms with E-state index in [1.807, 2.05) is 0 Å². The van der Waals surface area contributed by atoms with Gasteiger partial charge in [-0.15, -0.1) is 0 Å². The monoisotopic (exact) mass is 618 g/mol. The van der Waals surface area contributed by atoms with Crippen LogP contribution in [0.25, 0.3) is 11.1 Å². The van der Waals surface area contributed by atoms with Gasteiger partial charge < -0.3 is 18.9 Å². The first-order valence-corrected chi connectivity index (χ1v) is 14.8. The number of rotatable bonds is 13. The molecule has 1 aliphatic heterocycles. The first-order chi connectivity index (χ1) is 20.6. The number of ether oxygens (including phenoxy) is 4. The van der Waals surface area contributed by atoms with Gasteiger partial charge in [0.1, 0.15) is 5.82 Å². The lowest BCUT2D eigenvalue weighted by Gasteiger charge is -2.36. The molecule has 238 valence electrons. The zero-order valence-electron chi connectivity index (χ0n) is 24.0. The summed E-state index contributed by atoms with van der Waals surface area (Å²) in [6.07, 6.45) is -0.309. The van der Waals surface area contributed by atoms with E-state index in [0.29, 0.717) is 31.2 Å². The molecule has 1 aliphatic carbocycles. The van der Waals surface area contributed by atoms with Gasteiger partial charge in [-0.2, -0.15) is 17.6 Å². The maximum atomic E-state index is 15.0. The fraction of sp³-hybridized carbons (Fsp3) is 0.562. The van der Waals surface area contributed by atoms with Gasteiger partial charge in [0.05, 0.1) is 19.3 Å². The van der Waals surface area contributed by atoms with Crippen LogP contribution in [0.5, 0.6) is 5.75 Å². The molecule has 43 heavy (non-hydrogen) atoms. The van der Waals surface area contributed by atoms with E-state index in [2.05, 4.69) is 11.7 Å². The van der Waals surface area contributed by atoms with Gasteiger partial charge in [-0.05, 0) is 67.3 Å². The van der Waals surface area contributed by atoms with Crippen molar-refractivity contribution in [3.8, 4) is 16.9 Å². The molecule has 0 aromatic heterocycles. The zero-order valence-corrected chi connectivity index (χ0v) is 24.0. The Kier molecular flexibility index (Phi) is 11.9. The Morgan fingerprint density at radius 1 is 0.884 bits per heavy atom. The second kappa shape index (κ2) is 15.4. The number of hydrogen-bond donors (Lipinski definition) is 0. The molecular weight excluding hydrogens is 581 g/mol. The van der Waals surface area contributed by atoms with E-state index in [-0.39, 0.29) is 42.4 Å². The molecule has 2 aromatic carbocycles. The van der Waals surface area contributed by atoms with Crippen molar-refractivity contribution in [1.29, 1.82) is 0 Å². The normalized spacial score (nSPS) is 22.8. The second-order valence-electron chi connectivity index (χ2n) is 11.3. The minimum atomic E-state index is -3.60. The first-order valence-electron chi connectivity index (χ1n) is 14.8. The quantitative estimate of drug-likeness (QED) is 0.127. The van der Waals surface area contributed by atoms with E-state index >= 15 is 4.39 Å². The molecule has 11 heteroatoms. The highest BCUT2D eigenvalue weighted by Gasteiger charge is 2.47. The summed E-state index contributed by atoms with van der Waals surface area (Å²) < 4.78 is 118. The van der Waals surface area contributed by atoms with E-state index < -0.39 is 47.8 Å². The van der Waals surface area contributed by atoms with Crippen LogP contribution in [0.2, 0.25) is 0 Å². The minimum absolute atomic E-state index is 0.0943. The summed E-state index contributed by atoms with van der Waals surface area (Å²) in [6.45, 7) is 2.57. The molecule has 1 saturated heterocycles. The maximum Gasteiger partial charge on any atom is 0.406 e. The van der Waals surface area contributed by atoms with Crippen LogP contribution in [-0.4, -0.2) is 31.7 Å². The van der Waals surface area contributed by atoms with Crippen LogP contribution in [0, 0.1) is 23.4 Å². The first kappa shape index (κ1) is 33.3. The lowest BCUT2D eigenvalue weighted by molar-refractivity contribution is -0.390. The van der Waals surface area contributed by atoms with Gasteiger partial charge in [0, 0.05) is 11.5 Å². The molecule has 0 radical (unpaired) electrons. The molecule has 2 aromatic rings. The molecule has 0 unspecified atom stereocenters. The summed E-state index contributed by atoms with van der Waals surface area (Å²) >= 11 is 0. The van der Waals surface area contributed by atoms with E-state index in [4.69, 9.17) is 14.2 Å². The average molecular weight is 619 g/mol. The number of halogens is 7. The third-order valence-electron chi connectivity index (χ3n) is 7.99. The molecule has 1 heterocycles. The molecule has 0 spiro atoms. The Hall–Kier alpha value is -2.63. The largest absolute Gasteiger partial charge is 0.453 e. The van der Waals surface area contributed by atoms with Crippen molar-refractivity contribution >= 4 is 0 Å². The molecule has 4 rings (SSSR count). The summed E-state index contributed by atoms with van der Waals surface area (Å²) in [5.41, 5.74) is 0.389. The topological polar surface area (TPSA) is 36.9 Å². The molecule has 1 saturated carbocycles. The van der Waals surface area contributed by atoms with Crippen LogP contribution in [0.4, 0.5) is 30.7 Å². The van der Waals surface area contributed by atoms with Crippen molar-refractivity contribution in [2.45, 2.75) is 95.6 Å². The van der Waals surface area contributed by atoms with Crippen molar-refractivity contribution in [1.82, 2.24) is 0 Å². The molecule has 0 amide bonds. The Balaban J connectivity index is 1.27. The predicted molar refractivity (Wildman–Crippen MR) is 146 cm³/mol. The Labute approximate surface area is 247 Å². The average Bonchev–Trinajstić information content (AvgIpc) is 2.97. The highest BCUT2D eigenvalue weighted by atomic mass is 19.3. The van der Waals surface area contributed by atoms with Crippen molar-refractivity contribution in [3.05, 3.63) is 65.7 Å². The fourth-order valence-electron chi connectivity index (χ4n) is 5.68. The van der Waals surface area contributed by atoms with Gasteiger partial charge in [-0.1, -0.05) is 51.2 Å². The molecule has 0 atom stereocenters. The number of benzene rings is 2. The molecule has 2 fully saturated rings. The van der Waals surface area contributed by atoms with E-state index in [1.165, 1.54) is 25.0 Å². The van der Waals surface area contributed by atoms with Crippen LogP contribution in [0.3, 0.4) is 0 Å². The number of alkyl halides is 2. The maximum absolute atomic E-state index is 15.0. The van der Waals surface area contributed by atoms with Gasteiger partial charge in [-0.3, -0.25) is 0 Å². The van der Waals surface area contributed by atoms with Crippen LogP contribution in [0.15, 0.2) is 42.7 Å². The summed E-state index contributed by atoms with van der Waals surface area (Å²) in [5.74, 6) is -4.34. The third kappa shape index (κ3) is 9.18. The Morgan fingerprint density at radius 2 is 1.53 bits per heavy atom. The lowest BCUT2D eigenvalue weighted by atomic mass is 9.82. The third-order valence-corrected chi connectivity index (χ3v) is 7.99. The SMILES string of the molecule is CCCCCCCC1COC(C(F)(F)OC2CCC(c3ccc(-c4cc(F)c(OC=C(F)F)c(F)c4)c(F)c3)CC2)OC1. The molecule has 0 N–H and O–H groups in total. The Bertz CT molecular complexity index is 1200. The van der Waals surface area contributed by atoms with Gasteiger partial charge >= 0.3 is 12.2 Å². The van der Waals surface area contributed by atoms with Gasteiger partial charge in [0.15, 0.2) is 23.6 Å².